The monoisotopic (exact) mass is 481 g/mol. The molecule has 0 atom stereocenters. The number of benzene rings is 2. The number of halogens is 1. The van der Waals surface area contributed by atoms with Crippen LogP contribution in [0.3, 0.4) is 0 Å². The van der Waals surface area contributed by atoms with Crippen LogP contribution in [0.1, 0.15) is 16.7 Å². The molecule has 9 heteroatoms. The van der Waals surface area contributed by atoms with E-state index < -0.39 is 9.84 Å². The lowest BCUT2D eigenvalue weighted by Crippen LogP contribution is -2.37. The van der Waals surface area contributed by atoms with E-state index in [-0.39, 0.29) is 29.6 Å². The number of aryl methyl sites for hydroxylation is 2. The van der Waals surface area contributed by atoms with Gasteiger partial charge < -0.3 is 4.90 Å². The van der Waals surface area contributed by atoms with Gasteiger partial charge in [0.05, 0.1) is 16.0 Å². The van der Waals surface area contributed by atoms with E-state index >= 15 is 0 Å². The van der Waals surface area contributed by atoms with Crippen molar-refractivity contribution < 1.29 is 13.2 Å². The second kappa shape index (κ2) is 10.1. The molecular weight excluding hydrogens is 454 g/mol. The van der Waals surface area contributed by atoms with E-state index in [0.29, 0.717) is 23.7 Å². The van der Waals surface area contributed by atoms with Crippen molar-refractivity contribution in [3.8, 4) is 0 Å². The van der Waals surface area contributed by atoms with E-state index in [0.717, 1.165) is 21.4 Å². The average Bonchev–Trinajstić information content (AvgIpc) is 3.06. The summed E-state index contributed by atoms with van der Waals surface area (Å²) in [5, 5.41) is 0.526. The standard InChI is InChI=1S/C22H27N3O3S2.ClH/c1-15-9-10-17(16(2)13-15)14-20(26)25(12-11-24(3)4)22-23-21-18(29-22)7-6-8-19(21)30(5,27)28;/h6-10,13H,11-12,14H2,1-5H3;1H. The molecule has 0 bridgehead atoms. The van der Waals surface area contributed by atoms with Crippen molar-refractivity contribution in [2.24, 2.45) is 0 Å². The van der Waals surface area contributed by atoms with Gasteiger partial charge in [-0.25, -0.2) is 13.4 Å². The minimum atomic E-state index is -3.41. The zero-order valence-corrected chi connectivity index (χ0v) is 20.8. The molecule has 3 rings (SSSR count). The van der Waals surface area contributed by atoms with Gasteiger partial charge in [0.25, 0.3) is 0 Å². The fraction of sp³-hybridized carbons (Fsp3) is 0.364. The van der Waals surface area contributed by atoms with Gasteiger partial charge in [-0.2, -0.15) is 0 Å². The molecule has 0 aliphatic rings. The van der Waals surface area contributed by atoms with Crippen LogP contribution in [0.25, 0.3) is 10.2 Å². The van der Waals surface area contributed by atoms with E-state index in [1.165, 1.54) is 17.6 Å². The molecule has 2 aromatic carbocycles. The van der Waals surface area contributed by atoms with Crippen molar-refractivity contribution in [3.63, 3.8) is 0 Å². The third-order valence-electron chi connectivity index (χ3n) is 4.91. The summed E-state index contributed by atoms with van der Waals surface area (Å²) in [6.45, 7) is 5.19. The molecule has 0 saturated carbocycles. The molecule has 0 fully saturated rings. The van der Waals surface area contributed by atoms with Crippen LogP contribution in [0, 0.1) is 13.8 Å². The van der Waals surface area contributed by atoms with Crippen LogP contribution in [-0.2, 0) is 21.1 Å². The number of likely N-dealkylation sites (N-methyl/N-ethyl adjacent to an activating group) is 1. The first-order valence-corrected chi connectivity index (χ1v) is 12.4. The molecule has 0 aliphatic carbocycles. The summed E-state index contributed by atoms with van der Waals surface area (Å²) in [6.07, 6.45) is 1.45. The molecule has 0 aliphatic heterocycles. The Bertz CT molecular complexity index is 1190. The van der Waals surface area contributed by atoms with E-state index in [9.17, 15) is 13.2 Å². The summed E-state index contributed by atoms with van der Waals surface area (Å²) in [7, 11) is 0.489. The summed E-state index contributed by atoms with van der Waals surface area (Å²) in [5.41, 5.74) is 3.65. The molecule has 3 aromatic rings. The minimum absolute atomic E-state index is 0. The third-order valence-corrected chi connectivity index (χ3v) is 7.08. The van der Waals surface area contributed by atoms with Crippen molar-refractivity contribution in [3.05, 3.63) is 53.1 Å². The van der Waals surface area contributed by atoms with E-state index in [4.69, 9.17) is 0 Å². The number of hydrogen-bond donors (Lipinski definition) is 0. The molecule has 1 aromatic heterocycles. The second-order valence-corrected chi connectivity index (χ2v) is 10.8. The van der Waals surface area contributed by atoms with Crippen molar-refractivity contribution in [2.75, 3.05) is 38.3 Å². The molecule has 0 spiro atoms. The Balaban J connectivity index is 0.00000341. The van der Waals surface area contributed by atoms with Gasteiger partial charge in [-0.05, 0) is 51.2 Å². The molecule has 0 radical (unpaired) electrons. The lowest BCUT2D eigenvalue weighted by atomic mass is 10.0. The van der Waals surface area contributed by atoms with Crippen LogP contribution >= 0.6 is 23.7 Å². The second-order valence-electron chi connectivity index (χ2n) is 7.83. The molecule has 0 saturated heterocycles. The first-order chi connectivity index (χ1) is 14.1. The summed E-state index contributed by atoms with van der Waals surface area (Å²) in [5.74, 6) is -0.0521. The topological polar surface area (TPSA) is 70.6 Å². The van der Waals surface area contributed by atoms with Gasteiger partial charge in [0.2, 0.25) is 5.91 Å². The molecule has 1 amide bonds. The Morgan fingerprint density at radius 2 is 1.81 bits per heavy atom. The average molecular weight is 482 g/mol. The highest BCUT2D eigenvalue weighted by Crippen LogP contribution is 2.33. The van der Waals surface area contributed by atoms with Gasteiger partial charge in [0.1, 0.15) is 5.52 Å². The lowest BCUT2D eigenvalue weighted by molar-refractivity contribution is -0.118. The lowest BCUT2D eigenvalue weighted by Gasteiger charge is -2.22. The Hall–Kier alpha value is -2.00. The number of aromatic nitrogens is 1. The Morgan fingerprint density at radius 3 is 2.42 bits per heavy atom. The maximum Gasteiger partial charge on any atom is 0.233 e. The van der Waals surface area contributed by atoms with Crippen LogP contribution in [0.2, 0.25) is 0 Å². The number of hydrogen-bond acceptors (Lipinski definition) is 6. The maximum atomic E-state index is 13.3. The molecule has 0 unspecified atom stereocenters. The fourth-order valence-electron chi connectivity index (χ4n) is 3.26. The van der Waals surface area contributed by atoms with Crippen molar-refractivity contribution in [2.45, 2.75) is 25.2 Å². The number of sulfone groups is 1. The van der Waals surface area contributed by atoms with Gasteiger partial charge in [-0.3, -0.25) is 9.69 Å². The van der Waals surface area contributed by atoms with E-state index in [1.807, 2.05) is 51.0 Å². The molecule has 1 heterocycles. The normalized spacial score (nSPS) is 11.5. The van der Waals surface area contributed by atoms with E-state index in [2.05, 4.69) is 11.1 Å². The predicted molar refractivity (Wildman–Crippen MR) is 131 cm³/mol. The number of fused-ring (bicyclic) bond motifs is 1. The van der Waals surface area contributed by atoms with Crippen LogP contribution in [0.5, 0.6) is 0 Å². The summed E-state index contributed by atoms with van der Waals surface area (Å²) < 4.78 is 25.1. The Labute approximate surface area is 194 Å². The molecule has 31 heavy (non-hydrogen) atoms. The third kappa shape index (κ3) is 6.04. The van der Waals surface area contributed by atoms with Gasteiger partial charge in [0.15, 0.2) is 15.0 Å². The van der Waals surface area contributed by atoms with Crippen LogP contribution in [-0.4, -0.2) is 57.6 Å². The number of nitrogens with zero attached hydrogens (tertiary/aromatic N) is 3. The fourth-order valence-corrected chi connectivity index (χ4v) is 5.19. The van der Waals surface area contributed by atoms with Gasteiger partial charge in [-0.15, -0.1) is 12.4 Å². The number of rotatable bonds is 7. The number of carbonyl (C=O) groups is 1. The Kier molecular flexibility index (Phi) is 8.21. The number of amides is 1. The molecular formula is C22H28ClN3O3S2. The zero-order chi connectivity index (χ0) is 22.1. The smallest absolute Gasteiger partial charge is 0.233 e. The summed E-state index contributed by atoms with van der Waals surface area (Å²) in [4.78, 5) is 21.7. The van der Waals surface area contributed by atoms with Crippen molar-refractivity contribution in [1.82, 2.24) is 9.88 Å². The van der Waals surface area contributed by atoms with Crippen LogP contribution in [0.4, 0.5) is 5.13 Å². The van der Waals surface area contributed by atoms with E-state index in [1.54, 1.807) is 17.0 Å². The highest BCUT2D eigenvalue weighted by Gasteiger charge is 2.23. The van der Waals surface area contributed by atoms with Crippen LogP contribution < -0.4 is 4.90 Å². The zero-order valence-electron chi connectivity index (χ0n) is 18.4. The predicted octanol–water partition coefficient (Wildman–Crippen LogP) is 3.88. The highest BCUT2D eigenvalue weighted by atomic mass is 35.5. The number of anilines is 1. The summed E-state index contributed by atoms with van der Waals surface area (Å²) >= 11 is 1.34. The first kappa shape index (κ1) is 25.3. The van der Waals surface area contributed by atoms with Gasteiger partial charge in [-0.1, -0.05) is 41.2 Å². The van der Waals surface area contributed by atoms with Crippen LogP contribution in [0.15, 0.2) is 41.3 Å². The quantitative estimate of drug-likeness (QED) is 0.512. The van der Waals surface area contributed by atoms with Crippen molar-refractivity contribution in [1.29, 1.82) is 0 Å². The SMILES string of the molecule is Cc1ccc(CC(=O)N(CCN(C)C)c2nc3c(S(C)(=O)=O)cccc3s2)c(C)c1.Cl. The molecule has 6 nitrogen and oxygen atoms in total. The van der Waals surface area contributed by atoms with Crippen molar-refractivity contribution >= 4 is 54.8 Å². The Morgan fingerprint density at radius 1 is 1.10 bits per heavy atom. The largest absolute Gasteiger partial charge is 0.308 e. The maximum absolute atomic E-state index is 13.3. The van der Waals surface area contributed by atoms with Gasteiger partial charge >= 0.3 is 0 Å². The van der Waals surface area contributed by atoms with Gasteiger partial charge in [0, 0.05) is 19.3 Å². The summed E-state index contributed by atoms with van der Waals surface area (Å²) in [6, 6.07) is 11.2. The number of para-hydroxylation sites is 1. The number of carbonyl (C=O) groups excluding carboxylic acids is 1. The highest BCUT2D eigenvalue weighted by molar-refractivity contribution is 7.91. The number of thiazole rings is 1. The minimum Gasteiger partial charge on any atom is -0.308 e. The molecule has 0 N–H and O–H groups in total. The molecule has 168 valence electrons. The first-order valence-electron chi connectivity index (χ1n) is 9.67.